The Balaban J connectivity index is 1.28. The van der Waals surface area contributed by atoms with E-state index in [4.69, 9.17) is 0 Å². The van der Waals surface area contributed by atoms with Crippen molar-refractivity contribution in [3.63, 3.8) is 0 Å². The second-order valence-electron chi connectivity index (χ2n) is 10.7. The van der Waals surface area contributed by atoms with Gasteiger partial charge in [-0.15, -0.1) is 0 Å². The van der Waals surface area contributed by atoms with Crippen LogP contribution in [0.5, 0.6) is 5.75 Å². The largest absolute Gasteiger partial charge is 0.507 e. The fourth-order valence-corrected chi connectivity index (χ4v) is 7.77. The minimum absolute atomic E-state index is 0.0307. The lowest BCUT2D eigenvalue weighted by atomic mass is 9.51. The third-order valence-electron chi connectivity index (χ3n) is 9.31. The van der Waals surface area contributed by atoms with E-state index in [9.17, 15) is 19.8 Å². The Morgan fingerprint density at radius 3 is 2.70 bits per heavy atom. The maximum Gasteiger partial charge on any atom is 0.275 e. The smallest absolute Gasteiger partial charge is 0.275 e. The van der Waals surface area contributed by atoms with Gasteiger partial charge in [-0.2, -0.15) is 5.10 Å². The Morgan fingerprint density at radius 2 is 1.91 bits per heavy atom. The van der Waals surface area contributed by atoms with Crippen LogP contribution in [0.15, 0.2) is 41.0 Å². The van der Waals surface area contributed by atoms with Crippen molar-refractivity contribution in [3.8, 4) is 5.75 Å². The van der Waals surface area contributed by atoms with E-state index in [1.54, 1.807) is 18.2 Å². The predicted molar refractivity (Wildman–Crippen MR) is 126 cm³/mol. The summed E-state index contributed by atoms with van der Waals surface area (Å²) in [7, 11) is 0. The molecule has 4 aliphatic rings. The van der Waals surface area contributed by atoms with Crippen molar-refractivity contribution >= 4 is 17.4 Å². The minimum Gasteiger partial charge on any atom is -0.507 e. The first-order valence-electron chi connectivity index (χ1n) is 12.4. The molecule has 5 rings (SSSR count). The molecule has 0 aliphatic heterocycles. The van der Waals surface area contributed by atoms with Crippen LogP contribution < -0.4 is 5.43 Å². The van der Waals surface area contributed by atoms with Gasteiger partial charge in [0.15, 0.2) is 5.78 Å². The highest BCUT2D eigenvalue weighted by Crippen LogP contribution is 2.63. The number of amides is 1. The van der Waals surface area contributed by atoms with Crippen LogP contribution >= 0.6 is 0 Å². The summed E-state index contributed by atoms with van der Waals surface area (Å²) < 4.78 is 0. The summed E-state index contributed by atoms with van der Waals surface area (Å²) in [6.45, 7) is 1.99. The van der Waals surface area contributed by atoms with E-state index >= 15 is 0 Å². The van der Waals surface area contributed by atoms with E-state index in [1.165, 1.54) is 11.6 Å². The first-order chi connectivity index (χ1) is 15.9. The van der Waals surface area contributed by atoms with E-state index in [1.807, 2.05) is 0 Å². The Bertz CT molecular complexity index is 1020. The van der Waals surface area contributed by atoms with Crippen LogP contribution in [0.3, 0.4) is 0 Å². The third-order valence-corrected chi connectivity index (χ3v) is 9.31. The number of para-hydroxylation sites is 1. The number of nitrogens with zero attached hydrogens (tertiary/aromatic N) is 1. The number of aliphatic hydroxyl groups excluding tert-OH is 1. The molecule has 1 aromatic carbocycles. The molecule has 0 aromatic heterocycles. The second kappa shape index (κ2) is 8.71. The summed E-state index contributed by atoms with van der Waals surface area (Å²) in [4.78, 5) is 24.8. The zero-order valence-electron chi connectivity index (χ0n) is 19.3. The van der Waals surface area contributed by atoms with Crippen LogP contribution in [-0.2, 0) is 4.79 Å². The van der Waals surface area contributed by atoms with Gasteiger partial charge in [-0.3, -0.25) is 9.59 Å². The number of hydrogen-bond acceptors (Lipinski definition) is 5. The number of fused-ring (bicyclic) bond motifs is 5. The van der Waals surface area contributed by atoms with E-state index in [2.05, 4.69) is 23.5 Å². The monoisotopic (exact) mass is 450 g/mol. The standard InChI is InChI=1S/C27H34N2O4/c1-27-13-12-19-18-9-7-17(28-29-26(33)21-4-2-3-5-24(21)31)14-16(18)6-8-20(19)22(27)10-11-23(27)25(32)15-30/h2-5,14,18-20,22-23,30-31H,6-13,15H2,1H3,(H,29,33)/b28-17-. The quantitative estimate of drug-likeness (QED) is 0.598. The fraction of sp³-hybridized carbons (Fsp3) is 0.593. The van der Waals surface area contributed by atoms with Gasteiger partial charge in [-0.25, -0.2) is 5.43 Å². The average Bonchev–Trinajstić information content (AvgIpc) is 3.19. The number of aromatic hydroxyl groups is 1. The van der Waals surface area contributed by atoms with Gasteiger partial charge in [-0.1, -0.05) is 24.6 Å². The predicted octanol–water partition coefficient (Wildman–Crippen LogP) is 4.23. The first-order valence-corrected chi connectivity index (χ1v) is 12.4. The Hall–Kier alpha value is -2.47. The van der Waals surface area contributed by atoms with Gasteiger partial charge < -0.3 is 10.2 Å². The molecule has 33 heavy (non-hydrogen) atoms. The molecule has 1 amide bonds. The minimum atomic E-state index is -0.399. The normalized spacial score (nSPS) is 36.4. The first kappa shape index (κ1) is 22.3. The number of phenols is 1. The summed E-state index contributed by atoms with van der Waals surface area (Å²) >= 11 is 0. The van der Waals surface area contributed by atoms with E-state index in [0.29, 0.717) is 23.7 Å². The molecule has 3 saturated carbocycles. The molecule has 0 saturated heterocycles. The number of nitrogens with one attached hydrogen (secondary N) is 1. The number of Topliss-reactive ketones (excluding diaryl/α,β-unsaturated/α-hetero) is 1. The molecule has 1 aromatic rings. The van der Waals surface area contributed by atoms with Crippen LogP contribution in [0, 0.1) is 35.0 Å². The Labute approximate surface area is 195 Å². The molecular weight excluding hydrogens is 416 g/mol. The van der Waals surface area contributed by atoms with Crippen LogP contribution in [0.25, 0.3) is 0 Å². The third kappa shape index (κ3) is 3.82. The van der Waals surface area contributed by atoms with Crippen molar-refractivity contribution in [2.45, 2.75) is 58.3 Å². The molecule has 6 atom stereocenters. The number of benzene rings is 1. The molecule has 6 unspecified atom stereocenters. The number of allylic oxidation sites excluding steroid dienone is 2. The van der Waals surface area contributed by atoms with Crippen LogP contribution in [0.2, 0.25) is 0 Å². The highest BCUT2D eigenvalue weighted by atomic mass is 16.3. The van der Waals surface area contributed by atoms with E-state index in [-0.39, 0.29) is 35.0 Å². The van der Waals surface area contributed by atoms with Gasteiger partial charge in [-0.05, 0) is 98.7 Å². The van der Waals surface area contributed by atoms with E-state index < -0.39 is 5.91 Å². The average molecular weight is 451 g/mol. The van der Waals surface area contributed by atoms with Crippen LogP contribution in [-0.4, -0.2) is 34.2 Å². The van der Waals surface area contributed by atoms with Crippen molar-refractivity contribution in [1.29, 1.82) is 0 Å². The molecule has 6 heteroatoms. The molecule has 0 heterocycles. The van der Waals surface area contributed by atoms with Crippen molar-refractivity contribution in [1.82, 2.24) is 5.43 Å². The number of hydrazone groups is 1. The highest BCUT2D eigenvalue weighted by Gasteiger charge is 2.57. The zero-order chi connectivity index (χ0) is 23.2. The zero-order valence-corrected chi connectivity index (χ0v) is 19.3. The number of hydrogen-bond donors (Lipinski definition) is 3. The van der Waals surface area contributed by atoms with E-state index in [0.717, 1.165) is 57.1 Å². The van der Waals surface area contributed by atoms with Crippen molar-refractivity contribution in [3.05, 3.63) is 41.5 Å². The SMILES string of the molecule is CC12CCC3C4CC/C(=N/NC(=O)c5ccccc5O)C=C4CCC3C1CCC2C(=O)CO. The Morgan fingerprint density at radius 1 is 1.09 bits per heavy atom. The number of ketones is 1. The molecule has 3 N–H and O–H groups in total. The lowest BCUT2D eigenvalue weighted by molar-refractivity contribution is -0.131. The molecule has 0 radical (unpaired) electrons. The van der Waals surface area contributed by atoms with Crippen molar-refractivity contribution < 1.29 is 19.8 Å². The number of phenolic OH excluding ortho intramolecular Hbond substituents is 1. The maximum atomic E-state index is 12.4. The second-order valence-corrected chi connectivity index (χ2v) is 10.7. The summed E-state index contributed by atoms with van der Waals surface area (Å²) in [6, 6.07) is 6.48. The molecule has 6 nitrogen and oxygen atoms in total. The molecule has 0 bridgehead atoms. The van der Waals surface area contributed by atoms with Gasteiger partial charge >= 0.3 is 0 Å². The number of carbonyl (C=O) groups is 2. The summed E-state index contributed by atoms with van der Waals surface area (Å²) in [5, 5.41) is 23.7. The highest BCUT2D eigenvalue weighted by molar-refractivity contribution is 6.00. The Kier molecular flexibility index (Phi) is 5.89. The molecule has 176 valence electrons. The number of carbonyl (C=O) groups excluding carboxylic acids is 2. The lowest BCUT2D eigenvalue weighted by Crippen LogP contribution is -2.47. The topological polar surface area (TPSA) is 99.0 Å². The van der Waals surface area contributed by atoms with Crippen molar-refractivity contribution in [2.24, 2.45) is 40.1 Å². The van der Waals surface area contributed by atoms with Crippen LogP contribution in [0.1, 0.15) is 68.6 Å². The summed E-state index contributed by atoms with van der Waals surface area (Å²) in [5.41, 5.74) is 5.25. The van der Waals surface area contributed by atoms with Gasteiger partial charge in [0.05, 0.1) is 11.3 Å². The lowest BCUT2D eigenvalue weighted by Gasteiger charge is -2.54. The molecule has 0 spiro atoms. The van der Waals surface area contributed by atoms with Crippen LogP contribution in [0.4, 0.5) is 0 Å². The summed E-state index contributed by atoms with van der Waals surface area (Å²) in [6.07, 6.45) is 10.6. The molecule has 3 fully saturated rings. The maximum absolute atomic E-state index is 12.4. The van der Waals surface area contributed by atoms with Crippen molar-refractivity contribution in [2.75, 3.05) is 6.61 Å². The molecular formula is C27H34N2O4. The summed E-state index contributed by atoms with van der Waals surface area (Å²) in [5.74, 6) is 2.13. The molecule has 4 aliphatic carbocycles. The van der Waals surface area contributed by atoms with Gasteiger partial charge in [0, 0.05) is 5.92 Å². The number of aliphatic hydroxyl groups is 1. The van der Waals surface area contributed by atoms with Gasteiger partial charge in [0.2, 0.25) is 0 Å². The van der Waals surface area contributed by atoms with Gasteiger partial charge in [0.25, 0.3) is 5.91 Å². The van der Waals surface area contributed by atoms with Gasteiger partial charge in [0.1, 0.15) is 12.4 Å². The number of rotatable bonds is 4. The fourth-order valence-electron chi connectivity index (χ4n) is 7.77.